The summed E-state index contributed by atoms with van der Waals surface area (Å²) in [5.74, 6) is -3.34. The fourth-order valence-corrected chi connectivity index (χ4v) is 3.26. The van der Waals surface area contributed by atoms with Crippen molar-refractivity contribution < 1.29 is 28.3 Å². The maximum atomic E-state index is 12.9. The van der Waals surface area contributed by atoms with Crippen LogP contribution in [0.2, 0.25) is 0 Å². The van der Waals surface area contributed by atoms with Crippen molar-refractivity contribution in [1.82, 2.24) is 10.4 Å². The predicted octanol–water partition coefficient (Wildman–Crippen LogP) is 3.04. The van der Waals surface area contributed by atoms with E-state index in [1.807, 2.05) is 12.1 Å². The van der Waals surface area contributed by atoms with Gasteiger partial charge in [-0.3, -0.25) is 29.6 Å². The summed E-state index contributed by atoms with van der Waals surface area (Å²) in [5.41, 5.74) is 4.15. The van der Waals surface area contributed by atoms with Crippen LogP contribution in [0.4, 0.5) is 4.39 Å². The first-order valence-corrected chi connectivity index (χ1v) is 10.2. The van der Waals surface area contributed by atoms with E-state index in [2.05, 4.69) is 26.2 Å². The third-order valence-corrected chi connectivity index (χ3v) is 5.22. The number of ether oxygens (including phenoxy) is 1. The van der Waals surface area contributed by atoms with Gasteiger partial charge in [-0.05, 0) is 47.4 Å². The van der Waals surface area contributed by atoms with Crippen molar-refractivity contribution in [3.8, 4) is 0 Å². The van der Waals surface area contributed by atoms with E-state index in [1.54, 1.807) is 12.1 Å². The standard InChI is InChI=1S/C24H25FN2O5/c1-24(2,3)18-8-4-16(5-9-18)22(30)26-27-13-17(12-21(27)29)23(31)32-14-20(28)15-6-10-19(25)11-7-15/h4-11,17H,12-14H2,1-3H3,(H,26,30)/t17-/m1/s1. The van der Waals surface area contributed by atoms with Gasteiger partial charge in [0.05, 0.1) is 12.5 Å². The molecule has 0 radical (unpaired) electrons. The van der Waals surface area contributed by atoms with Crippen LogP contribution in [0.15, 0.2) is 48.5 Å². The van der Waals surface area contributed by atoms with Crippen LogP contribution in [0.25, 0.3) is 0 Å². The second-order valence-corrected chi connectivity index (χ2v) is 8.71. The van der Waals surface area contributed by atoms with Gasteiger partial charge >= 0.3 is 5.97 Å². The number of benzene rings is 2. The molecule has 2 amide bonds. The third-order valence-electron chi connectivity index (χ3n) is 5.22. The van der Waals surface area contributed by atoms with Crippen LogP contribution in [-0.2, 0) is 19.7 Å². The third kappa shape index (κ3) is 5.57. The zero-order valence-electron chi connectivity index (χ0n) is 18.2. The molecule has 2 aromatic carbocycles. The molecule has 0 aliphatic carbocycles. The summed E-state index contributed by atoms with van der Waals surface area (Å²) >= 11 is 0. The van der Waals surface area contributed by atoms with Gasteiger partial charge in [-0.25, -0.2) is 4.39 Å². The minimum atomic E-state index is -0.799. The minimum Gasteiger partial charge on any atom is -0.457 e. The summed E-state index contributed by atoms with van der Waals surface area (Å²) in [4.78, 5) is 49.1. The number of carbonyl (C=O) groups is 4. The Labute approximate surface area is 185 Å². The second-order valence-electron chi connectivity index (χ2n) is 8.71. The van der Waals surface area contributed by atoms with Gasteiger partial charge in [-0.15, -0.1) is 0 Å². The van der Waals surface area contributed by atoms with E-state index in [9.17, 15) is 23.6 Å². The Kier molecular flexibility index (Phi) is 6.72. The fourth-order valence-electron chi connectivity index (χ4n) is 3.26. The predicted molar refractivity (Wildman–Crippen MR) is 114 cm³/mol. The molecule has 2 aromatic rings. The van der Waals surface area contributed by atoms with Crippen molar-refractivity contribution >= 4 is 23.6 Å². The van der Waals surface area contributed by atoms with Gasteiger partial charge in [-0.2, -0.15) is 0 Å². The van der Waals surface area contributed by atoms with Crippen molar-refractivity contribution in [3.05, 3.63) is 71.0 Å². The fraction of sp³-hybridized carbons (Fsp3) is 0.333. The van der Waals surface area contributed by atoms with Crippen LogP contribution in [0.1, 0.15) is 53.5 Å². The molecule has 1 fully saturated rings. The number of carbonyl (C=O) groups excluding carboxylic acids is 4. The van der Waals surface area contributed by atoms with Gasteiger partial charge in [0.25, 0.3) is 5.91 Å². The maximum absolute atomic E-state index is 12.9. The molecule has 0 spiro atoms. The molecule has 1 N–H and O–H groups in total. The van der Waals surface area contributed by atoms with Gasteiger partial charge in [0.2, 0.25) is 5.91 Å². The number of hydrogen-bond acceptors (Lipinski definition) is 5. The molecule has 0 saturated carbocycles. The molecule has 8 heteroatoms. The lowest BCUT2D eigenvalue weighted by Crippen LogP contribution is -2.43. The largest absolute Gasteiger partial charge is 0.457 e. The van der Waals surface area contributed by atoms with Crippen LogP contribution in [-0.4, -0.2) is 41.7 Å². The highest BCUT2D eigenvalue weighted by molar-refractivity contribution is 5.99. The average Bonchev–Trinajstić information content (AvgIpc) is 3.12. The van der Waals surface area contributed by atoms with Gasteiger partial charge < -0.3 is 4.74 Å². The van der Waals surface area contributed by atoms with E-state index in [0.29, 0.717) is 5.56 Å². The van der Waals surface area contributed by atoms with E-state index in [1.165, 1.54) is 12.1 Å². The highest BCUT2D eigenvalue weighted by Crippen LogP contribution is 2.22. The van der Waals surface area contributed by atoms with Crippen LogP contribution >= 0.6 is 0 Å². The molecule has 0 unspecified atom stereocenters. The van der Waals surface area contributed by atoms with E-state index >= 15 is 0 Å². The average molecular weight is 440 g/mol. The number of hydrogen-bond donors (Lipinski definition) is 1. The molecule has 3 rings (SSSR count). The number of nitrogens with zero attached hydrogens (tertiary/aromatic N) is 1. The summed E-state index contributed by atoms with van der Waals surface area (Å²) in [6.07, 6.45) is -0.132. The Morgan fingerprint density at radius 1 is 1.03 bits per heavy atom. The molecular weight excluding hydrogens is 415 g/mol. The van der Waals surface area contributed by atoms with Crippen molar-refractivity contribution in [2.45, 2.75) is 32.6 Å². The first-order valence-electron chi connectivity index (χ1n) is 10.2. The summed E-state index contributed by atoms with van der Waals surface area (Å²) in [6.45, 7) is 5.64. The number of esters is 1. The van der Waals surface area contributed by atoms with Gasteiger partial charge in [-0.1, -0.05) is 32.9 Å². The number of amides is 2. The lowest BCUT2D eigenvalue weighted by atomic mass is 9.87. The Hall–Kier alpha value is -3.55. The molecule has 0 aromatic heterocycles. The minimum absolute atomic E-state index is 0.0474. The molecule has 168 valence electrons. The number of rotatable bonds is 6. The topological polar surface area (TPSA) is 92.8 Å². The number of nitrogens with one attached hydrogen (secondary N) is 1. The molecule has 1 saturated heterocycles. The molecule has 1 heterocycles. The normalized spacial score (nSPS) is 16.1. The smallest absolute Gasteiger partial charge is 0.311 e. The highest BCUT2D eigenvalue weighted by atomic mass is 19.1. The number of halogens is 1. The SMILES string of the molecule is CC(C)(C)c1ccc(C(=O)NN2C[C@H](C(=O)OCC(=O)c3ccc(F)cc3)CC2=O)cc1. The van der Waals surface area contributed by atoms with Crippen molar-refractivity contribution in [1.29, 1.82) is 0 Å². The second kappa shape index (κ2) is 9.30. The van der Waals surface area contributed by atoms with Gasteiger partial charge in [0.1, 0.15) is 5.82 Å². The molecule has 1 aliphatic rings. The Balaban J connectivity index is 1.52. The molecular formula is C24H25FN2O5. The number of ketones is 1. The first-order chi connectivity index (χ1) is 15.0. The summed E-state index contributed by atoms with van der Waals surface area (Å²) in [5, 5.41) is 1.09. The molecule has 32 heavy (non-hydrogen) atoms. The molecule has 7 nitrogen and oxygen atoms in total. The van der Waals surface area contributed by atoms with E-state index in [0.717, 1.165) is 22.7 Å². The summed E-state index contributed by atoms with van der Waals surface area (Å²) < 4.78 is 18.0. The van der Waals surface area contributed by atoms with E-state index in [4.69, 9.17) is 4.74 Å². The van der Waals surface area contributed by atoms with E-state index in [-0.39, 0.29) is 23.9 Å². The zero-order chi connectivity index (χ0) is 23.5. The van der Waals surface area contributed by atoms with Gasteiger partial charge in [0, 0.05) is 17.5 Å². The van der Waals surface area contributed by atoms with Crippen LogP contribution in [0, 0.1) is 11.7 Å². The molecule has 1 aliphatic heterocycles. The molecule has 0 bridgehead atoms. The van der Waals surface area contributed by atoms with Crippen molar-refractivity contribution in [2.24, 2.45) is 5.92 Å². The summed E-state index contributed by atoms with van der Waals surface area (Å²) in [6, 6.07) is 12.0. The highest BCUT2D eigenvalue weighted by Gasteiger charge is 2.36. The number of hydrazine groups is 1. The Morgan fingerprint density at radius 2 is 1.62 bits per heavy atom. The quantitative estimate of drug-likeness (QED) is 0.551. The molecule has 1 atom stereocenters. The lowest BCUT2D eigenvalue weighted by molar-refractivity contribution is -0.147. The van der Waals surface area contributed by atoms with E-state index < -0.39 is 41.9 Å². The Morgan fingerprint density at radius 3 is 2.22 bits per heavy atom. The monoisotopic (exact) mass is 440 g/mol. The van der Waals surface area contributed by atoms with Crippen molar-refractivity contribution in [2.75, 3.05) is 13.2 Å². The summed E-state index contributed by atoms with van der Waals surface area (Å²) in [7, 11) is 0. The van der Waals surface area contributed by atoms with Crippen LogP contribution < -0.4 is 5.43 Å². The zero-order valence-corrected chi connectivity index (χ0v) is 18.2. The Bertz CT molecular complexity index is 1030. The van der Waals surface area contributed by atoms with Gasteiger partial charge in [0.15, 0.2) is 12.4 Å². The maximum Gasteiger partial charge on any atom is 0.311 e. The number of Topliss-reactive ketones (excluding diaryl/α,β-unsaturated/α-hetero) is 1. The lowest BCUT2D eigenvalue weighted by Gasteiger charge is -2.20. The first kappa shape index (κ1) is 23.1. The van der Waals surface area contributed by atoms with Crippen molar-refractivity contribution in [3.63, 3.8) is 0 Å². The van der Waals surface area contributed by atoms with Crippen LogP contribution in [0.3, 0.4) is 0 Å². The van der Waals surface area contributed by atoms with Crippen LogP contribution in [0.5, 0.6) is 0 Å².